The average molecular weight is 284 g/mol. The number of rotatable bonds is 5. The van der Waals surface area contributed by atoms with Crippen molar-refractivity contribution in [3.05, 3.63) is 59.2 Å². The first kappa shape index (κ1) is 14.0. The molecule has 1 aliphatic rings. The van der Waals surface area contributed by atoms with Gasteiger partial charge in [0.2, 0.25) is 0 Å². The van der Waals surface area contributed by atoms with Gasteiger partial charge >= 0.3 is 0 Å². The molecular formula is C18H20O3. The lowest BCUT2D eigenvalue weighted by Crippen LogP contribution is -2.02. The fraction of sp³-hybridized carbons (Fsp3) is 0.333. The third-order valence-electron chi connectivity index (χ3n) is 3.74. The molecule has 0 aromatic heterocycles. The van der Waals surface area contributed by atoms with Crippen molar-refractivity contribution in [2.75, 3.05) is 7.11 Å². The normalized spacial score (nSPS) is 15.6. The van der Waals surface area contributed by atoms with Crippen molar-refractivity contribution < 1.29 is 14.6 Å². The van der Waals surface area contributed by atoms with E-state index in [9.17, 15) is 5.11 Å². The van der Waals surface area contributed by atoms with Gasteiger partial charge in [-0.3, -0.25) is 0 Å². The number of hydrogen-bond acceptors (Lipinski definition) is 3. The van der Waals surface area contributed by atoms with Crippen LogP contribution >= 0.6 is 0 Å². The van der Waals surface area contributed by atoms with E-state index in [0.717, 1.165) is 41.0 Å². The van der Waals surface area contributed by atoms with Crippen LogP contribution < -0.4 is 9.47 Å². The topological polar surface area (TPSA) is 38.7 Å². The first-order valence-electron chi connectivity index (χ1n) is 7.26. The van der Waals surface area contributed by atoms with Crippen molar-refractivity contribution in [1.82, 2.24) is 0 Å². The number of hydrogen-bond donors (Lipinski definition) is 1. The van der Waals surface area contributed by atoms with Crippen molar-refractivity contribution >= 4 is 0 Å². The quantitative estimate of drug-likeness (QED) is 0.911. The van der Waals surface area contributed by atoms with Crippen LogP contribution in [0.3, 0.4) is 0 Å². The second-order valence-electron chi connectivity index (χ2n) is 5.52. The summed E-state index contributed by atoms with van der Waals surface area (Å²) >= 11 is 0. The smallest absolute Gasteiger partial charge is 0.121 e. The molecule has 1 atom stereocenters. The van der Waals surface area contributed by atoms with Crippen LogP contribution in [0.1, 0.15) is 35.6 Å². The van der Waals surface area contributed by atoms with E-state index in [0.29, 0.717) is 6.10 Å². The minimum absolute atomic E-state index is 0.362. The van der Waals surface area contributed by atoms with Gasteiger partial charge < -0.3 is 14.6 Å². The van der Waals surface area contributed by atoms with E-state index in [1.165, 1.54) is 0 Å². The summed E-state index contributed by atoms with van der Waals surface area (Å²) in [4.78, 5) is 0. The van der Waals surface area contributed by atoms with Gasteiger partial charge in [-0.1, -0.05) is 18.2 Å². The predicted octanol–water partition coefficient (Wildman–Crippen LogP) is 3.63. The van der Waals surface area contributed by atoms with Gasteiger partial charge in [-0.05, 0) is 60.7 Å². The maximum absolute atomic E-state index is 10.6. The summed E-state index contributed by atoms with van der Waals surface area (Å²) in [6.45, 7) is 1.97. The summed E-state index contributed by atoms with van der Waals surface area (Å²) in [5, 5.41) is 10.6. The average Bonchev–Trinajstić information content (AvgIpc) is 3.30. The molecule has 1 aliphatic carbocycles. The predicted molar refractivity (Wildman–Crippen MR) is 81.9 cm³/mol. The molecule has 0 radical (unpaired) electrons. The Labute approximate surface area is 125 Å². The van der Waals surface area contributed by atoms with Crippen molar-refractivity contribution in [3.63, 3.8) is 0 Å². The summed E-state index contributed by atoms with van der Waals surface area (Å²) in [5.41, 5.74) is 2.72. The van der Waals surface area contributed by atoms with E-state index in [1.807, 2.05) is 49.4 Å². The second-order valence-corrected chi connectivity index (χ2v) is 5.52. The third kappa shape index (κ3) is 3.19. The summed E-state index contributed by atoms with van der Waals surface area (Å²) in [5.74, 6) is 1.66. The van der Waals surface area contributed by atoms with Crippen LogP contribution in [0.2, 0.25) is 0 Å². The number of aliphatic hydroxyl groups is 1. The number of aryl methyl sites for hydroxylation is 1. The minimum atomic E-state index is -0.655. The molecule has 0 bridgehead atoms. The van der Waals surface area contributed by atoms with E-state index >= 15 is 0 Å². The molecule has 0 saturated heterocycles. The Bertz CT molecular complexity index is 632. The molecule has 1 fully saturated rings. The van der Waals surface area contributed by atoms with Gasteiger partial charge in [-0.25, -0.2) is 0 Å². The van der Waals surface area contributed by atoms with Crippen molar-refractivity contribution in [3.8, 4) is 11.5 Å². The van der Waals surface area contributed by atoms with E-state index in [1.54, 1.807) is 7.11 Å². The number of ether oxygens (including phenoxy) is 2. The SMILES string of the molecule is COc1ccc(C(O)c2cccc(OC3CC3)c2)cc1C. The molecule has 1 unspecified atom stereocenters. The van der Waals surface area contributed by atoms with Crippen LogP contribution in [-0.4, -0.2) is 18.3 Å². The molecule has 3 nitrogen and oxygen atoms in total. The number of methoxy groups -OCH3 is 1. The molecule has 3 rings (SSSR count). The zero-order valence-electron chi connectivity index (χ0n) is 12.4. The van der Waals surface area contributed by atoms with Gasteiger partial charge in [0.25, 0.3) is 0 Å². The Morgan fingerprint density at radius 1 is 1.10 bits per heavy atom. The number of benzene rings is 2. The molecule has 0 aliphatic heterocycles. The van der Waals surface area contributed by atoms with Crippen molar-refractivity contribution in [1.29, 1.82) is 0 Å². The molecule has 21 heavy (non-hydrogen) atoms. The molecular weight excluding hydrogens is 264 g/mol. The van der Waals surface area contributed by atoms with Gasteiger partial charge in [0.05, 0.1) is 13.2 Å². The van der Waals surface area contributed by atoms with Crippen molar-refractivity contribution in [2.24, 2.45) is 0 Å². The Kier molecular flexibility index (Phi) is 3.84. The Hall–Kier alpha value is -2.00. The molecule has 2 aromatic rings. The minimum Gasteiger partial charge on any atom is -0.496 e. The molecule has 0 amide bonds. The summed E-state index contributed by atoms with van der Waals surface area (Å²) < 4.78 is 11.0. The maximum Gasteiger partial charge on any atom is 0.121 e. The lowest BCUT2D eigenvalue weighted by molar-refractivity contribution is 0.219. The van der Waals surface area contributed by atoms with E-state index in [-0.39, 0.29) is 0 Å². The van der Waals surface area contributed by atoms with E-state index < -0.39 is 6.10 Å². The standard InChI is InChI=1S/C18H20O3/c1-12-10-14(6-9-17(12)20-2)18(19)13-4-3-5-16(11-13)21-15-7-8-15/h3-6,9-11,15,18-19H,7-8H2,1-2H3. The van der Waals surface area contributed by atoms with E-state index in [4.69, 9.17) is 9.47 Å². The molecule has 1 N–H and O–H groups in total. The van der Waals surface area contributed by atoms with Gasteiger partial charge in [-0.15, -0.1) is 0 Å². The highest BCUT2D eigenvalue weighted by Crippen LogP contribution is 2.31. The van der Waals surface area contributed by atoms with Gasteiger partial charge in [0.15, 0.2) is 0 Å². The molecule has 3 heteroatoms. The Morgan fingerprint density at radius 2 is 1.86 bits per heavy atom. The largest absolute Gasteiger partial charge is 0.496 e. The highest BCUT2D eigenvalue weighted by Gasteiger charge is 2.23. The maximum atomic E-state index is 10.6. The van der Waals surface area contributed by atoms with Crippen LogP contribution in [0.4, 0.5) is 0 Å². The zero-order chi connectivity index (χ0) is 14.8. The fourth-order valence-corrected chi connectivity index (χ4v) is 2.40. The monoisotopic (exact) mass is 284 g/mol. The highest BCUT2D eigenvalue weighted by atomic mass is 16.5. The Morgan fingerprint density at radius 3 is 2.52 bits per heavy atom. The third-order valence-corrected chi connectivity index (χ3v) is 3.74. The molecule has 110 valence electrons. The van der Waals surface area contributed by atoms with Gasteiger partial charge in [0.1, 0.15) is 17.6 Å². The summed E-state index contributed by atoms with van der Waals surface area (Å²) in [7, 11) is 1.65. The molecule has 1 saturated carbocycles. The van der Waals surface area contributed by atoms with Crippen LogP contribution in [0.25, 0.3) is 0 Å². The highest BCUT2D eigenvalue weighted by molar-refractivity contribution is 5.41. The summed E-state index contributed by atoms with van der Waals surface area (Å²) in [6, 6.07) is 13.4. The molecule has 0 spiro atoms. The zero-order valence-corrected chi connectivity index (χ0v) is 12.4. The number of aliphatic hydroxyl groups excluding tert-OH is 1. The fourth-order valence-electron chi connectivity index (χ4n) is 2.40. The van der Waals surface area contributed by atoms with Crippen LogP contribution in [-0.2, 0) is 0 Å². The van der Waals surface area contributed by atoms with Gasteiger partial charge in [-0.2, -0.15) is 0 Å². The lowest BCUT2D eigenvalue weighted by atomic mass is 9.99. The summed E-state index contributed by atoms with van der Waals surface area (Å²) in [6.07, 6.45) is 1.97. The van der Waals surface area contributed by atoms with E-state index in [2.05, 4.69) is 0 Å². The lowest BCUT2D eigenvalue weighted by Gasteiger charge is -2.15. The Balaban J connectivity index is 1.83. The van der Waals surface area contributed by atoms with Crippen LogP contribution in [0.5, 0.6) is 11.5 Å². The van der Waals surface area contributed by atoms with Crippen LogP contribution in [0, 0.1) is 6.92 Å². The van der Waals surface area contributed by atoms with Crippen molar-refractivity contribution in [2.45, 2.75) is 32.0 Å². The second kappa shape index (κ2) is 5.78. The first-order chi connectivity index (χ1) is 10.2. The molecule has 2 aromatic carbocycles. The van der Waals surface area contributed by atoms with Gasteiger partial charge in [0, 0.05) is 0 Å². The van der Waals surface area contributed by atoms with Crippen LogP contribution in [0.15, 0.2) is 42.5 Å². The first-order valence-corrected chi connectivity index (χ1v) is 7.26. The molecule has 0 heterocycles.